The molecule has 1 aromatic rings. The van der Waals surface area contributed by atoms with Gasteiger partial charge in [-0.05, 0) is 33.6 Å². The Morgan fingerprint density at radius 2 is 2.33 bits per heavy atom. The van der Waals surface area contributed by atoms with E-state index >= 15 is 0 Å². The van der Waals surface area contributed by atoms with Crippen LogP contribution in [0.4, 0.5) is 0 Å². The molecule has 0 N–H and O–H groups in total. The Kier molecular flexibility index (Phi) is 3.44. The van der Waals surface area contributed by atoms with E-state index in [1.54, 1.807) is 18.3 Å². The molecular formula is C8H5BrClNO. The van der Waals surface area contributed by atoms with Crippen LogP contribution in [0.25, 0.3) is 6.08 Å². The van der Waals surface area contributed by atoms with Crippen molar-refractivity contribution in [2.24, 2.45) is 0 Å². The van der Waals surface area contributed by atoms with Gasteiger partial charge in [-0.2, -0.15) is 0 Å². The molecule has 0 aromatic carbocycles. The third-order valence-corrected chi connectivity index (χ3v) is 2.08. The Bertz CT molecular complexity index is 325. The highest BCUT2D eigenvalue weighted by molar-refractivity contribution is 9.10. The molecule has 0 spiro atoms. The minimum absolute atomic E-state index is 0.406. The van der Waals surface area contributed by atoms with Crippen molar-refractivity contribution in [2.75, 3.05) is 0 Å². The molecule has 4 heteroatoms. The first-order valence-electron chi connectivity index (χ1n) is 3.17. The Balaban J connectivity index is 3.04. The quantitative estimate of drug-likeness (QED) is 0.456. The fourth-order valence-corrected chi connectivity index (χ4v) is 1.21. The van der Waals surface area contributed by atoms with Gasteiger partial charge in [0.2, 0.25) is 0 Å². The average molecular weight is 246 g/mol. The standard InChI is InChI=1S/C8H5BrClNO/c9-7-5-11-8(10)4-6(7)2-1-3-12/h1-5H/b2-1+. The number of rotatable bonds is 2. The largest absolute Gasteiger partial charge is 0.299 e. The van der Waals surface area contributed by atoms with Crippen LogP contribution in [-0.2, 0) is 4.79 Å². The number of nitrogens with zero attached hydrogens (tertiary/aromatic N) is 1. The topological polar surface area (TPSA) is 30.0 Å². The van der Waals surface area contributed by atoms with Gasteiger partial charge in [0.05, 0.1) is 0 Å². The molecule has 0 radical (unpaired) electrons. The first kappa shape index (κ1) is 9.42. The monoisotopic (exact) mass is 245 g/mol. The molecule has 12 heavy (non-hydrogen) atoms. The Morgan fingerprint density at radius 3 is 3.00 bits per heavy atom. The molecule has 0 fully saturated rings. The van der Waals surface area contributed by atoms with Gasteiger partial charge in [0.15, 0.2) is 0 Å². The van der Waals surface area contributed by atoms with Gasteiger partial charge >= 0.3 is 0 Å². The molecular weight excluding hydrogens is 241 g/mol. The van der Waals surface area contributed by atoms with Crippen LogP contribution in [0.15, 0.2) is 22.8 Å². The Labute approximate surface area is 83.4 Å². The summed E-state index contributed by atoms with van der Waals surface area (Å²) in [7, 11) is 0. The fraction of sp³-hybridized carbons (Fsp3) is 0. The lowest BCUT2D eigenvalue weighted by molar-refractivity contribution is -0.104. The smallest absolute Gasteiger partial charge is 0.142 e. The van der Waals surface area contributed by atoms with Crippen molar-refractivity contribution in [3.05, 3.63) is 33.5 Å². The molecule has 0 aliphatic heterocycles. The number of carbonyl (C=O) groups excluding carboxylic acids is 1. The van der Waals surface area contributed by atoms with E-state index in [1.807, 2.05) is 0 Å². The zero-order valence-electron chi connectivity index (χ0n) is 6.00. The van der Waals surface area contributed by atoms with Crippen LogP contribution in [0, 0.1) is 0 Å². The lowest BCUT2D eigenvalue weighted by Crippen LogP contribution is -1.79. The minimum Gasteiger partial charge on any atom is -0.299 e. The van der Waals surface area contributed by atoms with Crippen LogP contribution < -0.4 is 0 Å². The van der Waals surface area contributed by atoms with E-state index in [-0.39, 0.29) is 0 Å². The maximum Gasteiger partial charge on any atom is 0.142 e. The predicted molar refractivity (Wildman–Crippen MR) is 52.0 cm³/mol. The second kappa shape index (κ2) is 4.38. The summed E-state index contributed by atoms with van der Waals surface area (Å²) in [5.74, 6) is 0. The summed E-state index contributed by atoms with van der Waals surface area (Å²) < 4.78 is 0.810. The van der Waals surface area contributed by atoms with E-state index in [0.29, 0.717) is 11.4 Å². The molecule has 0 aliphatic rings. The van der Waals surface area contributed by atoms with Gasteiger partial charge < -0.3 is 0 Å². The Hall–Kier alpha value is -0.670. The minimum atomic E-state index is 0.406. The van der Waals surface area contributed by atoms with Crippen molar-refractivity contribution in [3.8, 4) is 0 Å². The van der Waals surface area contributed by atoms with Gasteiger partial charge in [0, 0.05) is 10.7 Å². The van der Waals surface area contributed by atoms with Crippen LogP contribution in [0.1, 0.15) is 5.56 Å². The van der Waals surface area contributed by atoms with Gasteiger partial charge in [0.25, 0.3) is 0 Å². The van der Waals surface area contributed by atoms with Crippen LogP contribution in [0.5, 0.6) is 0 Å². The molecule has 0 saturated heterocycles. The van der Waals surface area contributed by atoms with E-state index in [4.69, 9.17) is 11.6 Å². The summed E-state index contributed by atoms with van der Waals surface area (Å²) in [6.07, 6.45) is 5.36. The lowest BCUT2D eigenvalue weighted by atomic mass is 10.2. The molecule has 0 unspecified atom stereocenters. The molecule has 0 aliphatic carbocycles. The molecule has 0 amide bonds. The highest BCUT2D eigenvalue weighted by Gasteiger charge is 1.96. The summed E-state index contributed by atoms with van der Waals surface area (Å²) in [5, 5.41) is 0.406. The molecule has 62 valence electrons. The molecule has 0 atom stereocenters. The molecule has 0 saturated carbocycles. The van der Waals surface area contributed by atoms with Gasteiger partial charge in [-0.15, -0.1) is 0 Å². The van der Waals surface area contributed by atoms with E-state index in [2.05, 4.69) is 20.9 Å². The first-order valence-corrected chi connectivity index (χ1v) is 4.34. The second-order valence-corrected chi connectivity index (χ2v) is 3.27. The van der Waals surface area contributed by atoms with Gasteiger partial charge in [-0.1, -0.05) is 17.7 Å². The summed E-state index contributed by atoms with van der Waals surface area (Å²) in [6, 6.07) is 1.67. The van der Waals surface area contributed by atoms with Crippen molar-refractivity contribution in [3.63, 3.8) is 0 Å². The zero-order valence-corrected chi connectivity index (χ0v) is 8.34. The average Bonchev–Trinajstić information content (AvgIpc) is 2.07. The van der Waals surface area contributed by atoms with Crippen molar-refractivity contribution in [1.29, 1.82) is 0 Å². The summed E-state index contributed by atoms with van der Waals surface area (Å²) >= 11 is 8.91. The highest BCUT2D eigenvalue weighted by Crippen LogP contribution is 2.19. The third-order valence-electron chi connectivity index (χ3n) is 1.21. The predicted octanol–water partition coefficient (Wildman–Crippen LogP) is 2.71. The van der Waals surface area contributed by atoms with Crippen molar-refractivity contribution < 1.29 is 4.79 Å². The van der Waals surface area contributed by atoms with Crippen LogP contribution >= 0.6 is 27.5 Å². The van der Waals surface area contributed by atoms with E-state index < -0.39 is 0 Å². The molecule has 0 bridgehead atoms. The van der Waals surface area contributed by atoms with Crippen LogP contribution in [0.3, 0.4) is 0 Å². The summed E-state index contributed by atoms with van der Waals surface area (Å²) in [5.41, 5.74) is 0.835. The fourth-order valence-electron chi connectivity index (χ4n) is 0.698. The maximum absolute atomic E-state index is 10.0. The van der Waals surface area contributed by atoms with Crippen molar-refractivity contribution in [2.45, 2.75) is 0 Å². The zero-order chi connectivity index (χ0) is 8.97. The van der Waals surface area contributed by atoms with E-state index in [9.17, 15) is 4.79 Å². The number of aldehydes is 1. The number of carbonyl (C=O) groups is 1. The summed E-state index contributed by atoms with van der Waals surface area (Å²) in [4.78, 5) is 13.9. The Morgan fingerprint density at radius 1 is 1.58 bits per heavy atom. The van der Waals surface area contributed by atoms with Gasteiger partial charge in [-0.3, -0.25) is 4.79 Å². The second-order valence-electron chi connectivity index (χ2n) is 2.02. The van der Waals surface area contributed by atoms with Crippen LogP contribution in [-0.4, -0.2) is 11.3 Å². The number of halogens is 2. The molecule has 1 heterocycles. The first-order chi connectivity index (χ1) is 5.74. The SMILES string of the molecule is O=C/C=C/c1cc(Cl)ncc1Br. The molecule has 1 rings (SSSR count). The molecule has 2 nitrogen and oxygen atoms in total. The summed E-state index contributed by atoms with van der Waals surface area (Å²) in [6.45, 7) is 0. The third kappa shape index (κ3) is 2.43. The van der Waals surface area contributed by atoms with Crippen LogP contribution in [0.2, 0.25) is 5.15 Å². The van der Waals surface area contributed by atoms with Gasteiger partial charge in [-0.25, -0.2) is 4.98 Å². The number of hydrogen-bond donors (Lipinski definition) is 0. The van der Waals surface area contributed by atoms with Crippen molar-refractivity contribution >= 4 is 39.9 Å². The number of allylic oxidation sites excluding steroid dienone is 1. The lowest BCUT2D eigenvalue weighted by Gasteiger charge is -1.96. The number of hydrogen-bond acceptors (Lipinski definition) is 2. The van der Waals surface area contributed by atoms with E-state index in [1.165, 1.54) is 6.08 Å². The highest BCUT2D eigenvalue weighted by atomic mass is 79.9. The van der Waals surface area contributed by atoms with Gasteiger partial charge in [0.1, 0.15) is 11.4 Å². The number of pyridine rings is 1. The molecule has 1 aromatic heterocycles. The van der Waals surface area contributed by atoms with E-state index in [0.717, 1.165) is 10.0 Å². The normalized spacial score (nSPS) is 10.5. The maximum atomic E-state index is 10.0. The van der Waals surface area contributed by atoms with Crippen molar-refractivity contribution in [1.82, 2.24) is 4.98 Å². The number of aromatic nitrogens is 1.